The Balaban J connectivity index is -0.000000275. The highest BCUT2D eigenvalue weighted by Crippen LogP contribution is 2.11. The minimum atomic E-state index is 0.773. The SMILES string of the molecule is CC.CC(C)C.CCC[N+](C)(CCC)C(C)C. The summed E-state index contributed by atoms with van der Waals surface area (Å²) in [6.45, 7) is 22.3. The van der Waals surface area contributed by atoms with Crippen molar-refractivity contribution in [1.82, 2.24) is 0 Å². The Hall–Kier alpha value is -0.0400. The molecule has 0 heterocycles. The van der Waals surface area contributed by atoms with E-state index in [-0.39, 0.29) is 0 Å². The van der Waals surface area contributed by atoms with Gasteiger partial charge in [-0.15, -0.1) is 0 Å². The molecular weight excluding hydrogens is 206 g/mol. The van der Waals surface area contributed by atoms with E-state index in [1.54, 1.807) is 0 Å². The summed E-state index contributed by atoms with van der Waals surface area (Å²) >= 11 is 0. The van der Waals surface area contributed by atoms with Crippen LogP contribution in [0.15, 0.2) is 0 Å². The summed E-state index contributed by atoms with van der Waals surface area (Å²) in [5.74, 6) is 0.833. The lowest BCUT2D eigenvalue weighted by Gasteiger charge is -2.38. The molecule has 0 fully saturated rings. The maximum Gasteiger partial charge on any atom is 0.0831 e. The summed E-state index contributed by atoms with van der Waals surface area (Å²) in [5.41, 5.74) is 0. The maximum atomic E-state index is 2.37. The molecule has 0 aromatic heterocycles. The molecule has 0 aliphatic heterocycles. The van der Waals surface area contributed by atoms with Crippen molar-refractivity contribution in [3.63, 3.8) is 0 Å². The van der Waals surface area contributed by atoms with Gasteiger partial charge in [0.05, 0.1) is 26.2 Å². The third-order valence-corrected chi connectivity index (χ3v) is 2.72. The van der Waals surface area contributed by atoms with E-state index in [1.807, 2.05) is 13.8 Å². The van der Waals surface area contributed by atoms with E-state index in [9.17, 15) is 0 Å². The van der Waals surface area contributed by atoms with Crippen molar-refractivity contribution in [2.45, 2.75) is 81.2 Å². The normalized spacial score (nSPS) is 10.6. The van der Waals surface area contributed by atoms with Crippen molar-refractivity contribution in [2.75, 3.05) is 20.1 Å². The molecule has 108 valence electrons. The van der Waals surface area contributed by atoms with Crippen LogP contribution in [0.2, 0.25) is 0 Å². The highest BCUT2D eigenvalue weighted by molar-refractivity contribution is 4.44. The fraction of sp³-hybridized carbons (Fsp3) is 1.00. The van der Waals surface area contributed by atoms with Crippen molar-refractivity contribution in [3.05, 3.63) is 0 Å². The van der Waals surface area contributed by atoms with E-state index in [4.69, 9.17) is 0 Å². The zero-order chi connectivity index (χ0) is 14.5. The summed E-state index contributed by atoms with van der Waals surface area (Å²) in [6.07, 6.45) is 2.60. The number of rotatable bonds is 5. The van der Waals surface area contributed by atoms with E-state index in [1.165, 1.54) is 30.4 Å². The lowest BCUT2D eigenvalue weighted by molar-refractivity contribution is -0.929. The van der Waals surface area contributed by atoms with Crippen LogP contribution >= 0.6 is 0 Å². The molecule has 1 heteroatoms. The molecule has 0 atom stereocenters. The van der Waals surface area contributed by atoms with Gasteiger partial charge >= 0.3 is 0 Å². The highest BCUT2D eigenvalue weighted by atomic mass is 15.3. The molecular formula is C16H40N+. The second-order valence-electron chi connectivity index (χ2n) is 5.75. The quantitative estimate of drug-likeness (QED) is 0.574. The summed E-state index contributed by atoms with van der Waals surface area (Å²) in [4.78, 5) is 0. The Morgan fingerprint density at radius 1 is 0.765 bits per heavy atom. The monoisotopic (exact) mass is 246 g/mol. The molecule has 0 aliphatic rings. The second-order valence-corrected chi connectivity index (χ2v) is 5.75. The summed E-state index contributed by atoms with van der Waals surface area (Å²) < 4.78 is 1.24. The van der Waals surface area contributed by atoms with Crippen molar-refractivity contribution >= 4 is 0 Å². The molecule has 0 rings (SSSR count). The fourth-order valence-corrected chi connectivity index (χ4v) is 1.65. The van der Waals surface area contributed by atoms with Crippen molar-refractivity contribution in [3.8, 4) is 0 Å². The molecule has 0 spiro atoms. The van der Waals surface area contributed by atoms with Crippen LogP contribution in [0.1, 0.15) is 75.2 Å². The molecule has 0 radical (unpaired) electrons. The Labute approximate surface area is 112 Å². The third kappa shape index (κ3) is 16.0. The third-order valence-electron chi connectivity index (χ3n) is 2.72. The first-order valence-corrected chi connectivity index (χ1v) is 7.64. The van der Waals surface area contributed by atoms with Crippen LogP contribution in [0.25, 0.3) is 0 Å². The van der Waals surface area contributed by atoms with Crippen LogP contribution in [0.3, 0.4) is 0 Å². The van der Waals surface area contributed by atoms with Gasteiger partial charge in [-0.2, -0.15) is 0 Å². The Morgan fingerprint density at radius 2 is 1.00 bits per heavy atom. The van der Waals surface area contributed by atoms with E-state index >= 15 is 0 Å². The van der Waals surface area contributed by atoms with Crippen molar-refractivity contribution in [2.24, 2.45) is 5.92 Å². The van der Waals surface area contributed by atoms with Gasteiger partial charge < -0.3 is 4.48 Å². The molecule has 0 aromatic carbocycles. The van der Waals surface area contributed by atoms with Gasteiger partial charge in [0.15, 0.2) is 0 Å². The summed E-state index contributed by atoms with van der Waals surface area (Å²) in [7, 11) is 2.37. The first-order chi connectivity index (χ1) is 7.80. The van der Waals surface area contributed by atoms with Gasteiger partial charge in [0.25, 0.3) is 0 Å². The Kier molecular flexibility index (Phi) is 18.3. The number of hydrogen-bond donors (Lipinski definition) is 0. The predicted molar refractivity (Wildman–Crippen MR) is 83.5 cm³/mol. The average molecular weight is 247 g/mol. The van der Waals surface area contributed by atoms with Gasteiger partial charge in [-0.1, -0.05) is 48.5 Å². The van der Waals surface area contributed by atoms with Gasteiger partial charge in [0.2, 0.25) is 0 Å². The van der Waals surface area contributed by atoms with E-state index in [2.05, 4.69) is 55.5 Å². The minimum Gasteiger partial charge on any atom is -0.324 e. The first kappa shape index (κ1) is 22.2. The molecule has 0 saturated carbocycles. The van der Waals surface area contributed by atoms with Crippen LogP contribution in [0.5, 0.6) is 0 Å². The molecule has 0 bridgehead atoms. The number of quaternary nitrogens is 1. The average Bonchev–Trinajstić information content (AvgIpc) is 2.20. The lowest BCUT2D eigenvalue weighted by atomic mass is 10.2. The lowest BCUT2D eigenvalue weighted by Crippen LogP contribution is -2.50. The molecule has 17 heavy (non-hydrogen) atoms. The topological polar surface area (TPSA) is 0 Å². The smallest absolute Gasteiger partial charge is 0.0831 e. The van der Waals surface area contributed by atoms with Gasteiger partial charge in [-0.05, 0) is 32.6 Å². The van der Waals surface area contributed by atoms with Crippen LogP contribution in [0, 0.1) is 5.92 Å². The largest absolute Gasteiger partial charge is 0.324 e. The Morgan fingerprint density at radius 3 is 1.12 bits per heavy atom. The van der Waals surface area contributed by atoms with E-state index in [0.29, 0.717) is 0 Å². The van der Waals surface area contributed by atoms with Gasteiger partial charge in [0, 0.05) is 0 Å². The van der Waals surface area contributed by atoms with Gasteiger partial charge in [0.1, 0.15) is 0 Å². The fourth-order valence-electron chi connectivity index (χ4n) is 1.65. The molecule has 1 nitrogen and oxygen atoms in total. The number of hydrogen-bond acceptors (Lipinski definition) is 0. The van der Waals surface area contributed by atoms with Gasteiger partial charge in [-0.25, -0.2) is 0 Å². The molecule has 0 amide bonds. The predicted octanol–water partition coefficient (Wildman–Crippen LogP) is 5.35. The number of nitrogens with zero attached hydrogens (tertiary/aromatic N) is 1. The standard InChI is InChI=1S/C10H24N.C4H10.C2H6/c1-6-8-11(5,9-7-2)10(3)4;1-4(2)3;1-2/h10H,6-9H2,1-5H3;4H,1-3H3;1-2H3/q+1;;. The molecule has 0 N–H and O–H groups in total. The van der Waals surface area contributed by atoms with Crippen LogP contribution < -0.4 is 0 Å². The Bertz CT molecular complexity index is 119. The van der Waals surface area contributed by atoms with Crippen LogP contribution in [0.4, 0.5) is 0 Å². The first-order valence-electron chi connectivity index (χ1n) is 7.64. The van der Waals surface area contributed by atoms with Gasteiger partial charge in [-0.3, -0.25) is 0 Å². The van der Waals surface area contributed by atoms with E-state index < -0.39 is 0 Å². The summed E-state index contributed by atoms with van der Waals surface area (Å²) in [6, 6.07) is 0.773. The minimum absolute atomic E-state index is 0.773. The van der Waals surface area contributed by atoms with E-state index in [0.717, 1.165) is 12.0 Å². The molecule has 0 unspecified atom stereocenters. The van der Waals surface area contributed by atoms with Crippen molar-refractivity contribution < 1.29 is 4.48 Å². The zero-order valence-corrected chi connectivity index (χ0v) is 14.4. The van der Waals surface area contributed by atoms with Crippen LogP contribution in [-0.2, 0) is 0 Å². The highest BCUT2D eigenvalue weighted by Gasteiger charge is 2.22. The molecule has 0 aliphatic carbocycles. The van der Waals surface area contributed by atoms with Crippen LogP contribution in [-0.4, -0.2) is 30.7 Å². The molecule has 0 aromatic rings. The van der Waals surface area contributed by atoms with Crippen molar-refractivity contribution in [1.29, 1.82) is 0 Å². The summed E-state index contributed by atoms with van der Waals surface area (Å²) in [5, 5.41) is 0. The molecule has 0 saturated heterocycles. The zero-order valence-electron chi connectivity index (χ0n) is 14.4. The maximum absolute atomic E-state index is 2.37. The second kappa shape index (κ2) is 14.0.